The quantitative estimate of drug-likeness (QED) is 0.627. The SMILES string of the molecule is O=C(Cc1csc(Nc2cccc(Cl)c2)n1)Nc1ccc(Cl)cc1. The molecule has 24 heavy (non-hydrogen) atoms. The first-order valence-electron chi connectivity index (χ1n) is 7.11. The molecule has 2 N–H and O–H groups in total. The first-order chi connectivity index (χ1) is 11.6. The second-order valence-corrected chi connectivity index (χ2v) is 6.74. The lowest BCUT2D eigenvalue weighted by Gasteiger charge is -2.04. The lowest BCUT2D eigenvalue weighted by Crippen LogP contribution is -2.14. The molecule has 3 aromatic rings. The minimum atomic E-state index is -0.128. The number of amides is 1. The van der Waals surface area contributed by atoms with Crippen molar-refractivity contribution in [1.82, 2.24) is 4.98 Å². The highest BCUT2D eigenvalue weighted by Crippen LogP contribution is 2.23. The number of rotatable bonds is 5. The number of aromatic nitrogens is 1. The molecule has 0 saturated carbocycles. The molecule has 0 unspecified atom stereocenters. The number of thiazole rings is 1. The fourth-order valence-corrected chi connectivity index (χ4v) is 3.08. The topological polar surface area (TPSA) is 54.0 Å². The third kappa shape index (κ3) is 4.71. The molecular weight excluding hydrogens is 365 g/mol. The van der Waals surface area contributed by atoms with Crippen LogP contribution in [-0.2, 0) is 11.2 Å². The van der Waals surface area contributed by atoms with Gasteiger partial charge in [-0.25, -0.2) is 4.98 Å². The van der Waals surface area contributed by atoms with E-state index in [1.165, 1.54) is 11.3 Å². The predicted molar refractivity (Wildman–Crippen MR) is 101 cm³/mol. The number of nitrogens with zero attached hydrogens (tertiary/aromatic N) is 1. The number of carbonyl (C=O) groups excluding carboxylic acids is 1. The number of hydrogen-bond acceptors (Lipinski definition) is 4. The van der Waals surface area contributed by atoms with Crippen LogP contribution in [0.1, 0.15) is 5.69 Å². The molecule has 0 spiro atoms. The van der Waals surface area contributed by atoms with Crippen LogP contribution in [0, 0.1) is 0 Å². The molecule has 0 aliphatic carbocycles. The molecule has 0 atom stereocenters. The Morgan fingerprint density at radius 2 is 1.83 bits per heavy atom. The van der Waals surface area contributed by atoms with Crippen molar-refractivity contribution >= 4 is 57.0 Å². The van der Waals surface area contributed by atoms with E-state index in [1.807, 2.05) is 23.6 Å². The van der Waals surface area contributed by atoms with Crippen molar-refractivity contribution in [2.45, 2.75) is 6.42 Å². The number of carbonyl (C=O) groups is 1. The van der Waals surface area contributed by atoms with Gasteiger partial charge in [0.2, 0.25) is 5.91 Å². The van der Waals surface area contributed by atoms with Crippen LogP contribution < -0.4 is 10.6 Å². The molecule has 7 heteroatoms. The van der Waals surface area contributed by atoms with Gasteiger partial charge in [-0.15, -0.1) is 11.3 Å². The van der Waals surface area contributed by atoms with Gasteiger partial charge in [0, 0.05) is 26.8 Å². The maximum Gasteiger partial charge on any atom is 0.230 e. The molecule has 2 aromatic carbocycles. The van der Waals surface area contributed by atoms with E-state index in [0.717, 1.165) is 5.69 Å². The van der Waals surface area contributed by atoms with Crippen molar-refractivity contribution in [3.63, 3.8) is 0 Å². The van der Waals surface area contributed by atoms with E-state index in [1.54, 1.807) is 30.3 Å². The Kier molecular flexibility index (Phi) is 5.35. The van der Waals surface area contributed by atoms with Crippen LogP contribution in [0.4, 0.5) is 16.5 Å². The van der Waals surface area contributed by atoms with E-state index in [9.17, 15) is 4.79 Å². The van der Waals surface area contributed by atoms with E-state index in [-0.39, 0.29) is 12.3 Å². The van der Waals surface area contributed by atoms with Crippen LogP contribution in [-0.4, -0.2) is 10.9 Å². The van der Waals surface area contributed by atoms with Crippen LogP contribution >= 0.6 is 34.5 Å². The van der Waals surface area contributed by atoms with Crippen LogP contribution in [0.5, 0.6) is 0 Å². The Labute approximate surface area is 153 Å². The number of benzene rings is 2. The normalized spacial score (nSPS) is 10.4. The van der Waals surface area contributed by atoms with Crippen LogP contribution in [0.15, 0.2) is 53.9 Å². The molecule has 1 amide bonds. The van der Waals surface area contributed by atoms with Crippen molar-refractivity contribution < 1.29 is 4.79 Å². The van der Waals surface area contributed by atoms with Gasteiger partial charge < -0.3 is 10.6 Å². The van der Waals surface area contributed by atoms with Crippen LogP contribution in [0.2, 0.25) is 10.0 Å². The largest absolute Gasteiger partial charge is 0.331 e. The molecule has 0 aliphatic rings. The smallest absolute Gasteiger partial charge is 0.230 e. The van der Waals surface area contributed by atoms with Crippen LogP contribution in [0.25, 0.3) is 0 Å². The molecule has 4 nitrogen and oxygen atoms in total. The monoisotopic (exact) mass is 377 g/mol. The average molecular weight is 378 g/mol. The number of halogens is 2. The summed E-state index contributed by atoms with van der Waals surface area (Å²) in [5.41, 5.74) is 2.27. The highest BCUT2D eigenvalue weighted by atomic mass is 35.5. The van der Waals surface area contributed by atoms with Crippen molar-refractivity contribution in [2.24, 2.45) is 0 Å². The van der Waals surface area contributed by atoms with Gasteiger partial charge in [0.25, 0.3) is 0 Å². The van der Waals surface area contributed by atoms with E-state index < -0.39 is 0 Å². The summed E-state index contributed by atoms with van der Waals surface area (Å²) in [5, 5.41) is 9.83. The van der Waals surface area contributed by atoms with Gasteiger partial charge in [0.15, 0.2) is 5.13 Å². The van der Waals surface area contributed by atoms with E-state index in [4.69, 9.17) is 23.2 Å². The zero-order chi connectivity index (χ0) is 16.9. The summed E-state index contributed by atoms with van der Waals surface area (Å²) in [6.45, 7) is 0. The lowest BCUT2D eigenvalue weighted by molar-refractivity contribution is -0.115. The maximum absolute atomic E-state index is 12.1. The van der Waals surface area contributed by atoms with E-state index in [2.05, 4.69) is 15.6 Å². The summed E-state index contributed by atoms with van der Waals surface area (Å²) in [7, 11) is 0. The Balaban J connectivity index is 1.59. The van der Waals surface area contributed by atoms with Gasteiger partial charge in [-0.3, -0.25) is 4.79 Å². The average Bonchev–Trinajstić information content (AvgIpc) is 2.96. The minimum absolute atomic E-state index is 0.128. The van der Waals surface area contributed by atoms with Crippen molar-refractivity contribution in [3.05, 3.63) is 69.7 Å². The molecule has 0 radical (unpaired) electrons. The summed E-state index contributed by atoms with van der Waals surface area (Å²) >= 11 is 13.2. The number of hydrogen-bond donors (Lipinski definition) is 2. The lowest BCUT2D eigenvalue weighted by atomic mass is 10.3. The third-order valence-electron chi connectivity index (χ3n) is 3.10. The summed E-state index contributed by atoms with van der Waals surface area (Å²) in [6, 6.07) is 14.4. The highest BCUT2D eigenvalue weighted by Gasteiger charge is 2.08. The molecule has 0 bridgehead atoms. The van der Waals surface area contributed by atoms with E-state index >= 15 is 0 Å². The van der Waals surface area contributed by atoms with Gasteiger partial charge in [-0.2, -0.15) is 0 Å². The molecule has 1 heterocycles. The Bertz CT molecular complexity index is 849. The molecule has 122 valence electrons. The fraction of sp³-hybridized carbons (Fsp3) is 0.0588. The predicted octanol–water partition coefficient (Wildman–Crippen LogP) is 5.37. The van der Waals surface area contributed by atoms with Crippen molar-refractivity contribution in [2.75, 3.05) is 10.6 Å². The third-order valence-corrected chi connectivity index (χ3v) is 4.39. The van der Waals surface area contributed by atoms with Crippen LogP contribution in [0.3, 0.4) is 0 Å². The van der Waals surface area contributed by atoms with E-state index in [0.29, 0.717) is 26.6 Å². The maximum atomic E-state index is 12.1. The standard InChI is InChI=1S/C17H13Cl2N3OS/c18-11-4-6-13(7-5-11)20-16(23)9-15-10-24-17(22-15)21-14-3-1-2-12(19)8-14/h1-8,10H,9H2,(H,20,23)(H,21,22). The molecular formula is C17H13Cl2N3OS. The molecule has 0 aliphatic heterocycles. The first-order valence-corrected chi connectivity index (χ1v) is 8.74. The Morgan fingerprint density at radius 3 is 2.58 bits per heavy atom. The summed E-state index contributed by atoms with van der Waals surface area (Å²) in [4.78, 5) is 16.5. The minimum Gasteiger partial charge on any atom is -0.331 e. The zero-order valence-corrected chi connectivity index (χ0v) is 14.8. The summed E-state index contributed by atoms with van der Waals surface area (Å²) in [5.74, 6) is -0.128. The van der Waals surface area contributed by atoms with Gasteiger partial charge in [-0.1, -0.05) is 29.3 Å². The summed E-state index contributed by atoms with van der Waals surface area (Å²) in [6.07, 6.45) is 0.205. The molecule has 1 aromatic heterocycles. The van der Waals surface area contributed by atoms with Gasteiger partial charge in [0.05, 0.1) is 12.1 Å². The van der Waals surface area contributed by atoms with Crippen molar-refractivity contribution in [1.29, 1.82) is 0 Å². The molecule has 0 fully saturated rings. The molecule has 3 rings (SSSR count). The second-order valence-electron chi connectivity index (χ2n) is 5.01. The van der Waals surface area contributed by atoms with Gasteiger partial charge in [0.1, 0.15) is 0 Å². The zero-order valence-electron chi connectivity index (χ0n) is 12.4. The fourth-order valence-electron chi connectivity index (χ4n) is 2.04. The van der Waals surface area contributed by atoms with Gasteiger partial charge >= 0.3 is 0 Å². The van der Waals surface area contributed by atoms with Crippen molar-refractivity contribution in [3.8, 4) is 0 Å². The Morgan fingerprint density at radius 1 is 1.04 bits per heavy atom. The Hall–Kier alpha value is -2.08. The molecule has 0 saturated heterocycles. The summed E-state index contributed by atoms with van der Waals surface area (Å²) < 4.78 is 0. The highest BCUT2D eigenvalue weighted by molar-refractivity contribution is 7.13. The second kappa shape index (κ2) is 7.66. The van der Waals surface area contributed by atoms with Gasteiger partial charge in [-0.05, 0) is 42.5 Å². The first kappa shape index (κ1) is 16.8. The number of nitrogens with one attached hydrogen (secondary N) is 2. The number of anilines is 3.